The van der Waals surface area contributed by atoms with Crippen LogP contribution >= 0.6 is 22.6 Å². The van der Waals surface area contributed by atoms with Gasteiger partial charge in [-0.2, -0.15) is 0 Å². The van der Waals surface area contributed by atoms with Crippen LogP contribution in [0.2, 0.25) is 0 Å². The normalized spacial score (nSPS) is 22.4. The molecule has 4 nitrogen and oxygen atoms in total. The summed E-state index contributed by atoms with van der Waals surface area (Å²) < 4.78 is 22.1. The molecule has 16 heavy (non-hydrogen) atoms. The summed E-state index contributed by atoms with van der Waals surface area (Å²) in [5.74, 6) is 0. The van der Waals surface area contributed by atoms with E-state index in [0.717, 1.165) is 23.0 Å². The van der Waals surface area contributed by atoms with E-state index in [1.165, 1.54) is 6.42 Å². The van der Waals surface area contributed by atoms with Gasteiger partial charge in [0, 0.05) is 17.3 Å². The second-order valence-electron chi connectivity index (χ2n) is 3.54. The van der Waals surface area contributed by atoms with Crippen molar-refractivity contribution in [1.82, 2.24) is 0 Å². The fraction of sp³-hybridized carbons (Fsp3) is 0.818. The number of ether oxygens (including phenoxy) is 4. The smallest absolute Gasteiger partial charge is 0.158 e. The Kier molecular flexibility index (Phi) is 8.40. The molecule has 1 aliphatic rings. The molecule has 0 aromatic carbocycles. The lowest BCUT2D eigenvalue weighted by Gasteiger charge is -2.22. The molecular weight excluding hydrogens is 323 g/mol. The van der Waals surface area contributed by atoms with Gasteiger partial charge in [0.15, 0.2) is 6.29 Å². The van der Waals surface area contributed by atoms with Gasteiger partial charge in [-0.05, 0) is 47.9 Å². The minimum Gasteiger partial charge on any atom is -0.359 e. The number of hydrogen-bond donors (Lipinski definition) is 0. The third-order valence-corrected chi connectivity index (χ3v) is 2.92. The molecule has 1 heterocycles. The Balaban J connectivity index is 2.05. The van der Waals surface area contributed by atoms with Crippen molar-refractivity contribution in [3.8, 4) is 0 Å². The van der Waals surface area contributed by atoms with Gasteiger partial charge < -0.3 is 18.9 Å². The van der Waals surface area contributed by atoms with Crippen molar-refractivity contribution in [2.45, 2.75) is 25.6 Å². The van der Waals surface area contributed by atoms with Gasteiger partial charge in [-0.1, -0.05) is 0 Å². The molecule has 0 spiro atoms. The third kappa shape index (κ3) is 6.80. The number of halogens is 1. The monoisotopic (exact) mass is 342 g/mol. The van der Waals surface area contributed by atoms with Crippen LogP contribution in [0.25, 0.3) is 0 Å². The summed E-state index contributed by atoms with van der Waals surface area (Å²) >= 11 is 2.25. The Labute approximate surface area is 110 Å². The Morgan fingerprint density at radius 2 is 2.38 bits per heavy atom. The van der Waals surface area contributed by atoms with Crippen molar-refractivity contribution >= 4 is 22.6 Å². The lowest BCUT2D eigenvalue weighted by atomic mass is 10.2. The van der Waals surface area contributed by atoms with E-state index in [2.05, 4.69) is 22.6 Å². The molecule has 1 atom stereocenters. The first kappa shape index (κ1) is 14.4. The van der Waals surface area contributed by atoms with E-state index in [1.54, 1.807) is 7.11 Å². The molecule has 0 aromatic heterocycles. The summed E-state index contributed by atoms with van der Waals surface area (Å²) in [6.07, 6.45) is 5.32. The topological polar surface area (TPSA) is 36.9 Å². The lowest BCUT2D eigenvalue weighted by molar-refractivity contribution is -0.155. The van der Waals surface area contributed by atoms with Crippen molar-refractivity contribution < 1.29 is 18.9 Å². The van der Waals surface area contributed by atoms with E-state index in [-0.39, 0.29) is 6.29 Å². The molecule has 0 amide bonds. The number of hydrogen-bond acceptors (Lipinski definition) is 4. The molecule has 5 heteroatoms. The summed E-state index contributed by atoms with van der Waals surface area (Å²) in [5, 5.41) is 0. The van der Waals surface area contributed by atoms with Crippen molar-refractivity contribution in [3.05, 3.63) is 9.66 Å². The second-order valence-corrected chi connectivity index (χ2v) is 4.92. The highest BCUT2D eigenvalue weighted by molar-refractivity contribution is 14.1. The first-order valence-electron chi connectivity index (χ1n) is 5.47. The van der Waals surface area contributed by atoms with Crippen molar-refractivity contribution in [3.63, 3.8) is 0 Å². The van der Waals surface area contributed by atoms with Crippen molar-refractivity contribution in [2.24, 2.45) is 0 Å². The number of methoxy groups -OCH3 is 1. The molecule has 1 saturated heterocycles. The Bertz CT molecular complexity index is 202. The van der Waals surface area contributed by atoms with Crippen LogP contribution in [-0.4, -0.2) is 40.0 Å². The molecule has 0 bridgehead atoms. The molecule has 94 valence electrons. The summed E-state index contributed by atoms with van der Waals surface area (Å²) in [5.41, 5.74) is 0. The molecule has 0 saturated carbocycles. The Morgan fingerprint density at radius 1 is 1.50 bits per heavy atom. The minimum absolute atomic E-state index is 0.0215. The van der Waals surface area contributed by atoms with Crippen LogP contribution in [0.5, 0.6) is 0 Å². The van der Waals surface area contributed by atoms with Gasteiger partial charge in [-0.15, -0.1) is 0 Å². The summed E-state index contributed by atoms with van der Waals surface area (Å²) in [7, 11) is 1.61. The van der Waals surface area contributed by atoms with E-state index in [9.17, 15) is 0 Å². The summed E-state index contributed by atoms with van der Waals surface area (Å²) in [6, 6.07) is 0. The predicted molar refractivity (Wildman–Crippen MR) is 69.5 cm³/mol. The van der Waals surface area contributed by atoms with Crippen LogP contribution in [0.4, 0.5) is 0 Å². The molecular formula is C11H19IO4. The Hall–Kier alpha value is 0.310. The van der Waals surface area contributed by atoms with E-state index in [0.29, 0.717) is 20.0 Å². The molecule has 0 aliphatic carbocycles. The fourth-order valence-corrected chi connectivity index (χ4v) is 1.71. The molecule has 0 radical (unpaired) electrons. The van der Waals surface area contributed by atoms with Crippen LogP contribution in [0.15, 0.2) is 9.66 Å². The van der Waals surface area contributed by atoms with Crippen LogP contribution in [0.1, 0.15) is 19.3 Å². The highest BCUT2D eigenvalue weighted by atomic mass is 127. The number of rotatable bonds is 7. The molecule has 1 aliphatic heterocycles. The van der Waals surface area contributed by atoms with Gasteiger partial charge >= 0.3 is 0 Å². The van der Waals surface area contributed by atoms with Gasteiger partial charge in [0.05, 0.1) is 13.2 Å². The minimum atomic E-state index is -0.0215. The molecule has 1 unspecified atom stereocenters. The Morgan fingerprint density at radius 3 is 3.06 bits per heavy atom. The zero-order chi connectivity index (χ0) is 11.6. The zero-order valence-corrected chi connectivity index (χ0v) is 11.8. The van der Waals surface area contributed by atoms with Crippen molar-refractivity contribution in [2.75, 3.05) is 33.7 Å². The highest BCUT2D eigenvalue weighted by Gasteiger charge is 2.13. The van der Waals surface area contributed by atoms with Crippen LogP contribution < -0.4 is 0 Å². The standard InChI is InChI=1S/C11H19IO4/c1-13-9-14-7-5-10(12)8-16-11-4-2-3-6-15-11/h5,11H,2-4,6-9H2,1H3/b10-5-. The van der Waals surface area contributed by atoms with E-state index >= 15 is 0 Å². The zero-order valence-electron chi connectivity index (χ0n) is 9.62. The maximum Gasteiger partial charge on any atom is 0.158 e. The van der Waals surface area contributed by atoms with Crippen molar-refractivity contribution in [1.29, 1.82) is 0 Å². The quantitative estimate of drug-likeness (QED) is 0.405. The maximum absolute atomic E-state index is 5.62. The van der Waals surface area contributed by atoms with Gasteiger partial charge in [0.25, 0.3) is 0 Å². The predicted octanol–water partition coefficient (Wildman–Crippen LogP) is 2.47. The molecule has 1 rings (SSSR count). The van der Waals surface area contributed by atoms with Gasteiger partial charge in [-0.3, -0.25) is 0 Å². The summed E-state index contributed by atoms with van der Waals surface area (Å²) in [6.45, 7) is 2.30. The van der Waals surface area contributed by atoms with Gasteiger partial charge in [0.2, 0.25) is 0 Å². The maximum atomic E-state index is 5.62. The second kappa shape index (κ2) is 9.35. The van der Waals surface area contributed by atoms with Gasteiger partial charge in [-0.25, -0.2) is 0 Å². The van der Waals surface area contributed by atoms with E-state index < -0.39 is 0 Å². The highest BCUT2D eigenvalue weighted by Crippen LogP contribution is 2.16. The van der Waals surface area contributed by atoms with Crippen LogP contribution in [0, 0.1) is 0 Å². The average molecular weight is 342 g/mol. The SMILES string of the molecule is COCOC/C=C(\I)COC1CCCCO1. The fourth-order valence-electron chi connectivity index (χ4n) is 1.35. The largest absolute Gasteiger partial charge is 0.359 e. The molecule has 1 fully saturated rings. The third-order valence-electron chi connectivity index (χ3n) is 2.17. The molecule has 0 aromatic rings. The average Bonchev–Trinajstić information content (AvgIpc) is 2.33. The van der Waals surface area contributed by atoms with Gasteiger partial charge in [0.1, 0.15) is 6.79 Å². The lowest BCUT2D eigenvalue weighted by Crippen LogP contribution is -2.22. The van der Waals surface area contributed by atoms with E-state index in [4.69, 9.17) is 18.9 Å². The summed E-state index contributed by atoms with van der Waals surface area (Å²) in [4.78, 5) is 0. The van der Waals surface area contributed by atoms with E-state index in [1.807, 2.05) is 6.08 Å². The first-order chi connectivity index (χ1) is 7.83. The van der Waals surface area contributed by atoms with Crippen LogP contribution in [-0.2, 0) is 18.9 Å². The van der Waals surface area contributed by atoms with Crippen LogP contribution in [0.3, 0.4) is 0 Å². The first-order valence-corrected chi connectivity index (χ1v) is 6.55. The molecule has 0 N–H and O–H groups in total.